The summed E-state index contributed by atoms with van der Waals surface area (Å²) < 4.78 is 40.5. The molecule has 2 aromatic rings. The standard InChI is InChI=1S/C25H30FN3O5S/c1-17(23(31)27-25(2,3)4)28(16-18-10-5-7-12-20(18)26)22(30)14-9-15-29-24(32)19-11-6-8-13-21(19)35(29,33)34/h5-8,10-13,17H,9,14-16H2,1-4H3,(H,27,31). The molecular weight excluding hydrogens is 473 g/mol. The molecule has 1 aliphatic rings. The lowest BCUT2D eigenvalue weighted by molar-refractivity contribution is -0.141. The largest absolute Gasteiger partial charge is 0.350 e. The zero-order valence-corrected chi connectivity index (χ0v) is 21.1. The lowest BCUT2D eigenvalue weighted by Gasteiger charge is -2.31. The molecule has 0 fully saturated rings. The van der Waals surface area contributed by atoms with Crippen molar-refractivity contribution in [1.82, 2.24) is 14.5 Å². The highest BCUT2D eigenvalue weighted by Gasteiger charge is 2.40. The predicted molar refractivity (Wildman–Crippen MR) is 128 cm³/mol. The lowest BCUT2D eigenvalue weighted by atomic mass is 10.1. The first-order valence-electron chi connectivity index (χ1n) is 11.3. The second kappa shape index (κ2) is 10.2. The molecule has 0 saturated carbocycles. The molecule has 35 heavy (non-hydrogen) atoms. The number of benzene rings is 2. The van der Waals surface area contributed by atoms with Crippen LogP contribution >= 0.6 is 0 Å². The highest BCUT2D eigenvalue weighted by molar-refractivity contribution is 7.90. The number of halogens is 1. The molecule has 0 saturated heterocycles. The highest BCUT2D eigenvalue weighted by Crippen LogP contribution is 2.30. The normalized spacial score (nSPS) is 15.5. The highest BCUT2D eigenvalue weighted by atomic mass is 32.2. The van der Waals surface area contributed by atoms with E-state index in [4.69, 9.17) is 0 Å². The van der Waals surface area contributed by atoms with E-state index in [1.807, 2.05) is 20.8 Å². The van der Waals surface area contributed by atoms with Crippen LogP contribution < -0.4 is 5.32 Å². The molecule has 1 unspecified atom stereocenters. The van der Waals surface area contributed by atoms with Gasteiger partial charge >= 0.3 is 0 Å². The van der Waals surface area contributed by atoms with Gasteiger partial charge in [-0.3, -0.25) is 14.4 Å². The minimum absolute atomic E-state index is 0.0509. The number of nitrogens with one attached hydrogen (secondary N) is 1. The number of rotatable bonds is 8. The Hall–Kier alpha value is -3.27. The Labute approximate surface area is 205 Å². The maximum absolute atomic E-state index is 14.3. The van der Waals surface area contributed by atoms with E-state index in [1.54, 1.807) is 25.1 Å². The van der Waals surface area contributed by atoms with Crippen LogP contribution in [0, 0.1) is 5.82 Å². The van der Waals surface area contributed by atoms with Gasteiger partial charge in [0.05, 0.1) is 5.56 Å². The van der Waals surface area contributed by atoms with Crippen LogP contribution in [0.2, 0.25) is 0 Å². The average molecular weight is 504 g/mol. The molecular formula is C25H30FN3O5S. The van der Waals surface area contributed by atoms with Gasteiger partial charge in [-0.2, -0.15) is 0 Å². The van der Waals surface area contributed by atoms with Gasteiger partial charge in [0.25, 0.3) is 15.9 Å². The molecule has 0 bridgehead atoms. The molecule has 0 aliphatic carbocycles. The Bertz CT molecular complexity index is 1240. The molecule has 0 radical (unpaired) electrons. The summed E-state index contributed by atoms with van der Waals surface area (Å²) in [4.78, 5) is 39.8. The molecule has 0 spiro atoms. The summed E-state index contributed by atoms with van der Waals surface area (Å²) in [5, 5.41) is 2.82. The van der Waals surface area contributed by atoms with Crippen molar-refractivity contribution in [2.75, 3.05) is 6.54 Å². The van der Waals surface area contributed by atoms with E-state index in [9.17, 15) is 27.2 Å². The minimum Gasteiger partial charge on any atom is -0.350 e. The lowest BCUT2D eigenvalue weighted by Crippen LogP contribution is -2.52. The van der Waals surface area contributed by atoms with Crippen molar-refractivity contribution >= 4 is 27.7 Å². The number of hydrogen-bond donors (Lipinski definition) is 1. The maximum atomic E-state index is 14.3. The Morgan fingerprint density at radius 2 is 1.71 bits per heavy atom. The van der Waals surface area contributed by atoms with E-state index >= 15 is 0 Å². The number of sulfonamides is 1. The number of fused-ring (bicyclic) bond motifs is 1. The first-order chi connectivity index (χ1) is 16.3. The molecule has 188 valence electrons. The molecule has 3 amide bonds. The number of carbonyl (C=O) groups excluding carboxylic acids is 3. The van der Waals surface area contributed by atoms with Gasteiger partial charge in [-0.05, 0) is 52.3 Å². The van der Waals surface area contributed by atoms with Crippen molar-refractivity contribution in [2.45, 2.75) is 63.6 Å². The molecule has 8 nitrogen and oxygen atoms in total. The Balaban J connectivity index is 1.73. The van der Waals surface area contributed by atoms with Gasteiger partial charge in [-0.25, -0.2) is 17.1 Å². The fourth-order valence-corrected chi connectivity index (χ4v) is 5.44. The van der Waals surface area contributed by atoms with Crippen LogP contribution in [-0.2, 0) is 26.2 Å². The van der Waals surface area contributed by atoms with Gasteiger partial charge < -0.3 is 10.2 Å². The zero-order chi connectivity index (χ0) is 26.0. The topological polar surface area (TPSA) is 104 Å². The second-order valence-electron chi connectivity index (χ2n) is 9.51. The molecule has 3 rings (SSSR count). The SMILES string of the molecule is CC(C(=O)NC(C)(C)C)N(Cc1ccccc1F)C(=O)CCCN1C(=O)c2ccccc2S1(=O)=O. The van der Waals surface area contributed by atoms with Gasteiger partial charge in [-0.15, -0.1) is 0 Å². The van der Waals surface area contributed by atoms with E-state index in [0.29, 0.717) is 0 Å². The molecule has 0 aromatic heterocycles. The van der Waals surface area contributed by atoms with Crippen LogP contribution in [0.3, 0.4) is 0 Å². The molecule has 1 atom stereocenters. The first kappa shape index (κ1) is 26.3. The summed E-state index contributed by atoms with van der Waals surface area (Å²) >= 11 is 0. The summed E-state index contributed by atoms with van der Waals surface area (Å²) in [5.74, 6) is -1.98. The Kier molecular flexibility index (Phi) is 7.64. The molecule has 1 heterocycles. The van der Waals surface area contributed by atoms with E-state index < -0.39 is 45.1 Å². The van der Waals surface area contributed by atoms with Crippen molar-refractivity contribution in [3.8, 4) is 0 Å². The first-order valence-corrected chi connectivity index (χ1v) is 12.8. The van der Waals surface area contributed by atoms with Crippen LogP contribution in [0.1, 0.15) is 56.5 Å². The van der Waals surface area contributed by atoms with Gasteiger partial charge in [0.2, 0.25) is 11.8 Å². The monoisotopic (exact) mass is 503 g/mol. The van der Waals surface area contributed by atoms with Crippen LogP contribution in [0.4, 0.5) is 4.39 Å². The van der Waals surface area contributed by atoms with Crippen LogP contribution in [0.5, 0.6) is 0 Å². The van der Waals surface area contributed by atoms with Crippen molar-refractivity contribution in [2.24, 2.45) is 0 Å². The molecule has 1 N–H and O–H groups in total. The third kappa shape index (κ3) is 5.87. The molecule has 2 aromatic carbocycles. The summed E-state index contributed by atoms with van der Waals surface area (Å²) in [6.07, 6.45) is -0.0730. The summed E-state index contributed by atoms with van der Waals surface area (Å²) in [7, 11) is -3.97. The van der Waals surface area contributed by atoms with Crippen LogP contribution in [0.15, 0.2) is 53.4 Å². The fourth-order valence-electron chi connectivity index (χ4n) is 3.84. The third-order valence-corrected chi connectivity index (χ3v) is 7.47. The van der Waals surface area contributed by atoms with E-state index in [-0.39, 0.29) is 42.0 Å². The smallest absolute Gasteiger partial charge is 0.269 e. The summed E-state index contributed by atoms with van der Waals surface area (Å²) in [6, 6.07) is 11.0. The van der Waals surface area contributed by atoms with Gasteiger partial charge in [0.15, 0.2) is 0 Å². The van der Waals surface area contributed by atoms with Gasteiger partial charge in [-0.1, -0.05) is 30.3 Å². The van der Waals surface area contributed by atoms with E-state index in [0.717, 1.165) is 4.31 Å². The number of nitrogens with zero attached hydrogens (tertiary/aromatic N) is 2. The van der Waals surface area contributed by atoms with Crippen molar-refractivity contribution in [3.63, 3.8) is 0 Å². The van der Waals surface area contributed by atoms with E-state index in [1.165, 1.54) is 35.2 Å². The van der Waals surface area contributed by atoms with Crippen LogP contribution in [-0.4, -0.2) is 53.5 Å². The maximum Gasteiger partial charge on any atom is 0.269 e. The van der Waals surface area contributed by atoms with Crippen molar-refractivity contribution < 1.29 is 27.2 Å². The van der Waals surface area contributed by atoms with Crippen molar-refractivity contribution in [1.29, 1.82) is 0 Å². The predicted octanol–water partition coefficient (Wildman–Crippen LogP) is 3.08. The molecule has 1 aliphatic heterocycles. The number of amides is 3. The molecule has 10 heteroatoms. The Morgan fingerprint density at radius 3 is 2.34 bits per heavy atom. The summed E-state index contributed by atoms with van der Waals surface area (Å²) in [5.41, 5.74) is -0.172. The van der Waals surface area contributed by atoms with Gasteiger partial charge in [0, 0.05) is 30.6 Å². The van der Waals surface area contributed by atoms with Gasteiger partial charge in [0.1, 0.15) is 16.8 Å². The zero-order valence-electron chi connectivity index (χ0n) is 20.2. The number of carbonyl (C=O) groups is 3. The average Bonchev–Trinajstić information content (AvgIpc) is 2.97. The summed E-state index contributed by atoms with van der Waals surface area (Å²) in [6.45, 7) is 6.68. The fraction of sp³-hybridized carbons (Fsp3) is 0.400. The van der Waals surface area contributed by atoms with Crippen LogP contribution in [0.25, 0.3) is 0 Å². The quantitative estimate of drug-likeness (QED) is 0.596. The Morgan fingerprint density at radius 1 is 1.09 bits per heavy atom. The minimum atomic E-state index is -3.97. The van der Waals surface area contributed by atoms with E-state index in [2.05, 4.69) is 5.32 Å². The van der Waals surface area contributed by atoms with Crippen molar-refractivity contribution in [3.05, 3.63) is 65.5 Å². The second-order valence-corrected chi connectivity index (χ2v) is 11.3. The third-order valence-electron chi connectivity index (χ3n) is 5.63. The number of hydrogen-bond acceptors (Lipinski definition) is 5.